The van der Waals surface area contributed by atoms with Crippen molar-refractivity contribution in [2.75, 3.05) is 12.5 Å². The van der Waals surface area contributed by atoms with Gasteiger partial charge in [0.05, 0.1) is 6.61 Å². The summed E-state index contributed by atoms with van der Waals surface area (Å²) in [6.07, 6.45) is 6.98. The largest absolute Gasteiger partial charge is 0.332 e. The minimum absolute atomic E-state index is 0.156. The number of rotatable bonds is 5. The van der Waals surface area contributed by atoms with Gasteiger partial charge in [0.2, 0.25) is 0 Å². The maximum Gasteiger partial charge on any atom is 0.123 e. The van der Waals surface area contributed by atoms with E-state index in [0.29, 0.717) is 13.0 Å². The van der Waals surface area contributed by atoms with Crippen molar-refractivity contribution in [1.82, 2.24) is 4.98 Å². The number of pyridine rings is 1. The Morgan fingerprint density at radius 3 is 2.00 bits per heavy atom. The molecule has 0 aliphatic carbocycles. The van der Waals surface area contributed by atoms with E-state index >= 15 is 0 Å². The first-order chi connectivity index (χ1) is 11.7. The van der Waals surface area contributed by atoms with Crippen molar-refractivity contribution < 1.29 is 8.57 Å². The molecular formula is C21H32FNOS. The number of benzene rings is 1. The molecule has 0 unspecified atom stereocenters. The van der Waals surface area contributed by atoms with Crippen molar-refractivity contribution in [2.45, 2.75) is 52.4 Å². The molecule has 2 rings (SSSR count). The highest BCUT2D eigenvalue weighted by Crippen LogP contribution is 2.54. The molecule has 25 heavy (non-hydrogen) atoms. The Balaban J connectivity index is 0.00000151. The number of nitrogens with zero attached hydrogens (tertiary/aromatic N) is 1. The van der Waals surface area contributed by atoms with Gasteiger partial charge in [0.25, 0.3) is 0 Å². The predicted octanol–water partition coefficient (Wildman–Crippen LogP) is 6.13. The number of aromatic nitrogens is 1. The first kappa shape index (κ1) is 21.7. The second-order valence-corrected chi connectivity index (χ2v) is 11.0. The monoisotopic (exact) mass is 365 g/mol. The summed E-state index contributed by atoms with van der Waals surface area (Å²) >= 11 is 0. The molecule has 2 aromatic rings. The van der Waals surface area contributed by atoms with Crippen LogP contribution >= 0.6 is 10.3 Å². The molecule has 1 heterocycles. The molecule has 0 aliphatic heterocycles. The molecule has 0 spiro atoms. The minimum Gasteiger partial charge on any atom is -0.332 e. The van der Waals surface area contributed by atoms with Gasteiger partial charge in [0, 0.05) is 23.1 Å². The Hall–Kier alpha value is -1.39. The second kappa shape index (κ2) is 9.35. The van der Waals surface area contributed by atoms with E-state index in [-0.39, 0.29) is 10.6 Å². The Labute approximate surface area is 154 Å². The third-order valence-electron chi connectivity index (χ3n) is 4.18. The molecule has 1 aromatic heterocycles. The smallest absolute Gasteiger partial charge is 0.123 e. The topological polar surface area (TPSA) is 22.1 Å². The summed E-state index contributed by atoms with van der Waals surface area (Å²) in [4.78, 5) is 4.49. The molecule has 0 radical (unpaired) electrons. The van der Waals surface area contributed by atoms with Crippen molar-refractivity contribution in [1.29, 1.82) is 0 Å². The quantitative estimate of drug-likeness (QED) is 0.635. The van der Waals surface area contributed by atoms with Gasteiger partial charge in [-0.05, 0) is 41.8 Å². The van der Waals surface area contributed by atoms with Crippen molar-refractivity contribution in [3.8, 4) is 0 Å². The van der Waals surface area contributed by atoms with Crippen LogP contribution in [0.2, 0.25) is 0 Å². The maximum absolute atomic E-state index is 12.9. The molecule has 0 bridgehead atoms. The molecule has 140 valence electrons. The summed E-state index contributed by atoms with van der Waals surface area (Å²) in [6, 6.07) is 10.6. The molecular weight excluding hydrogens is 333 g/mol. The van der Waals surface area contributed by atoms with E-state index in [1.54, 1.807) is 12.1 Å². The van der Waals surface area contributed by atoms with Crippen molar-refractivity contribution in [2.24, 2.45) is 0 Å². The highest BCUT2D eigenvalue weighted by molar-refractivity contribution is 8.29. The standard InChI is InChI=1S/C19H26FNOS.C2H6/c1-19(2,3)23(4,5)22-14-16-8-11-18(21-13-16)12-15-6-9-17(20)10-7-15;1-2/h6-11,13H,12,14H2,1-5H3;1-2H3. The zero-order valence-electron chi connectivity index (χ0n) is 16.6. The van der Waals surface area contributed by atoms with Gasteiger partial charge >= 0.3 is 0 Å². The first-order valence-electron chi connectivity index (χ1n) is 8.73. The van der Waals surface area contributed by atoms with E-state index in [2.05, 4.69) is 44.3 Å². The third-order valence-corrected chi connectivity index (χ3v) is 7.84. The molecule has 0 N–H and O–H groups in total. The molecule has 0 aliphatic rings. The summed E-state index contributed by atoms with van der Waals surface area (Å²) < 4.78 is 19.2. The van der Waals surface area contributed by atoms with Crippen LogP contribution in [0.1, 0.15) is 51.4 Å². The maximum atomic E-state index is 12.9. The summed E-state index contributed by atoms with van der Waals surface area (Å²) in [6.45, 7) is 11.2. The second-order valence-electron chi connectivity index (χ2n) is 7.07. The normalized spacial score (nSPS) is 12.3. The van der Waals surface area contributed by atoms with Crippen LogP contribution in [-0.2, 0) is 17.2 Å². The van der Waals surface area contributed by atoms with Crippen LogP contribution < -0.4 is 0 Å². The summed E-state index contributed by atoms with van der Waals surface area (Å²) in [5.41, 5.74) is 3.11. The van der Waals surface area contributed by atoms with Gasteiger partial charge in [-0.25, -0.2) is 4.39 Å². The number of hydrogen-bond acceptors (Lipinski definition) is 2. The van der Waals surface area contributed by atoms with Crippen LogP contribution in [0.25, 0.3) is 0 Å². The van der Waals surface area contributed by atoms with Crippen molar-refractivity contribution in [3.05, 3.63) is 65.2 Å². The lowest BCUT2D eigenvalue weighted by molar-refractivity contribution is 0.338. The summed E-state index contributed by atoms with van der Waals surface area (Å²) in [5.74, 6) is -0.210. The zero-order chi connectivity index (χ0) is 19.1. The van der Waals surface area contributed by atoms with E-state index in [9.17, 15) is 4.39 Å². The molecule has 0 saturated heterocycles. The average Bonchev–Trinajstić information content (AvgIpc) is 2.57. The van der Waals surface area contributed by atoms with Crippen LogP contribution in [0.4, 0.5) is 4.39 Å². The Bertz CT molecular complexity index is 630. The molecule has 1 aromatic carbocycles. The van der Waals surface area contributed by atoms with Crippen LogP contribution in [0, 0.1) is 5.82 Å². The fourth-order valence-electron chi connectivity index (χ4n) is 1.85. The van der Waals surface area contributed by atoms with Crippen molar-refractivity contribution in [3.63, 3.8) is 0 Å². The third kappa shape index (κ3) is 6.79. The van der Waals surface area contributed by atoms with Gasteiger partial charge in [-0.15, -0.1) is 10.3 Å². The van der Waals surface area contributed by atoms with Gasteiger partial charge in [0.15, 0.2) is 0 Å². The zero-order valence-corrected chi connectivity index (χ0v) is 17.4. The molecule has 0 atom stereocenters. The van der Waals surface area contributed by atoms with Crippen LogP contribution in [0.3, 0.4) is 0 Å². The first-order valence-corrected chi connectivity index (χ1v) is 11.1. The van der Waals surface area contributed by atoms with Gasteiger partial charge in [-0.3, -0.25) is 4.98 Å². The molecule has 2 nitrogen and oxygen atoms in total. The van der Waals surface area contributed by atoms with Crippen LogP contribution in [0.5, 0.6) is 0 Å². The van der Waals surface area contributed by atoms with Crippen molar-refractivity contribution >= 4 is 10.3 Å². The minimum atomic E-state index is -1.12. The van der Waals surface area contributed by atoms with E-state index in [4.69, 9.17) is 4.18 Å². The van der Waals surface area contributed by atoms with Crippen LogP contribution in [0.15, 0.2) is 42.6 Å². The lowest BCUT2D eigenvalue weighted by Gasteiger charge is -2.43. The van der Waals surface area contributed by atoms with Gasteiger partial charge in [-0.2, -0.15) is 0 Å². The van der Waals surface area contributed by atoms with Gasteiger partial charge in [0.1, 0.15) is 5.82 Å². The molecule has 0 saturated carbocycles. The predicted molar refractivity (Wildman–Crippen MR) is 109 cm³/mol. The highest BCUT2D eigenvalue weighted by atomic mass is 32.3. The Kier molecular flexibility index (Phi) is 8.10. The fourth-order valence-corrected chi connectivity index (χ4v) is 2.63. The molecule has 0 amide bonds. The lowest BCUT2D eigenvalue weighted by Crippen LogP contribution is -2.25. The number of halogens is 1. The van der Waals surface area contributed by atoms with Crippen LogP contribution in [-0.4, -0.2) is 22.2 Å². The summed E-state index contributed by atoms with van der Waals surface area (Å²) in [7, 11) is -1.12. The average molecular weight is 366 g/mol. The lowest BCUT2D eigenvalue weighted by atomic mass is 10.1. The molecule has 0 fully saturated rings. The Morgan fingerprint density at radius 1 is 0.960 bits per heavy atom. The highest BCUT2D eigenvalue weighted by Gasteiger charge is 2.28. The SMILES string of the molecule is CC.CC(C)(C)S(C)(C)OCc1ccc(Cc2ccc(F)cc2)nc1. The van der Waals surface area contributed by atoms with E-state index < -0.39 is 10.3 Å². The van der Waals surface area contributed by atoms with Gasteiger partial charge < -0.3 is 4.18 Å². The number of hydrogen-bond donors (Lipinski definition) is 0. The van der Waals surface area contributed by atoms with E-state index in [1.807, 2.05) is 26.1 Å². The van der Waals surface area contributed by atoms with E-state index in [0.717, 1.165) is 16.8 Å². The molecule has 4 heteroatoms. The van der Waals surface area contributed by atoms with E-state index in [1.165, 1.54) is 12.1 Å². The summed E-state index contributed by atoms with van der Waals surface area (Å²) in [5, 5.41) is 0. The fraction of sp³-hybridized carbons (Fsp3) is 0.476. The Morgan fingerprint density at radius 2 is 1.52 bits per heavy atom. The van der Waals surface area contributed by atoms with Gasteiger partial charge in [-0.1, -0.05) is 52.8 Å².